The molecule has 0 saturated heterocycles. The molecule has 1 rings (SSSR count). The van der Waals surface area contributed by atoms with Crippen LogP contribution in [0.4, 0.5) is 4.39 Å². The van der Waals surface area contributed by atoms with E-state index in [2.05, 4.69) is 0 Å². The summed E-state index contributed by atoms with van der Waals surface area (Å²) >= 11 is 0. The van der Waals surface area contributed by atoms with Crippen molar-refractivity contribution >= 4 is 0 Å². The highest BCUT2D eigenvalue weighted by Gasteiger charge is 2.28. The first-order chi connectivity index (χ1) is 7.45. The Hall–Kier alpha value is -0.930. The Bertz CT molecular complexity index is 336. The van der Waals surface area contributed by atoms with Crippen LogP contribution in [0.15, 0.2) is 24.3 Å². The normalized spacial score (nSPS) is 13.8. The van der Waals surface area contributed by atoms with E-state index in [4.69, 9.17) is 4.74 Å². The number of hydrogen-bond donors (Lipinski definition) is 1. The molecular weight excluding hydrogens is 207 g/mol. The lowest BCUT2D eigenvalue weighted by Gasteiger charge is -2.30. The Kier molecular flexibility index (Phi) is 4.44. The van der Waals surface area contributed by atoms with Crippen molar-refractivity contribution in [2.24, 2.45) is 0 Å². The number of hydrogen-bond acceptors (Lipinski definition) is 2. The minimum Gasteiger partial charge on any atom is -0.390 e. The monoisotopic (exact) mass is 226 g/mol. The summed E-state index contributed by atoms with van der Waals surface area (Å²) in [5.41, 5.74) is 0.168. The zero-order valence-corrected chi connectivity index (χ0v) is 10.0. The van der Waals surface area contributed by atoms with Gasteiger partial charge in [0.2, 0.25) is 0 Å². The van der Waals surface area contributed by atoms with Gasteiger partial charge in [-0.1, -0.05) is 12.1 Å². The second-order valence-electron chi connectivity index (χ2n) is 4.39. The fourth-order valence-corrected chi connectivity index (χ4v) is 1.60. The summed E-state index contributed by atoms with van der Waals surface area (Å²) in [6.45, 7) is 6.10. The van der Waals surface area contributed by atoms with Crippen LogP contribution in [0.3, 0.4) is 0 Å². The molecule has 2 nitrogen and oxygen atoms in total. The first kappa shape index (κ1) is 13.1. The van der Waals surface area contributed by atoms with Crippen LogP contribution < -0.4 is 0 Å². The molecule has 0 heterocycles. The van der Waals surface area contributed by atoms with Gasteiger partial charge in [0.25, 0.3) is 0 Å². The van der Waals surface area contributed by atoms with Gasteiger partial charge in [0, 0.05) is 13.0 Å². The van der Waals surface area contributed by atoms with Crippen molar-refractivity contribution in [3.8, 4) is 0 Å². The van der Waals surface area contributed by atoms with Gasteiger partial charge >= 0.3 is 0 Å². The highest BCUT2D eigenvalue weighted by atomic mass is 19.1. The number of aliphatic hydroxyl groups excluding tert-OH is 1. The standard InChI is InChI=1S/C13H19FO2/c1-4-16-13(2,3)12(15)9-10-6-5-7-11(14)8-10/h5-8,12,15H,4,9H2,1-3H3. The van der Waals surface area contributed by atoms with Gasteiger partial charge in [-0.2, -0.15) is 0 Å². The van der Waals surface area contributed by atoms with Crippen molar-refractivity contribution in [3.63, 3.8) is 0 Å². The van der Waals surface area contributed by atoms with Crippen LogP contribution in [0.25, 0.3) is 0 Å². The Balaban J connectivity index is 2.67. The molecule has 0 aromatic heterocycles. The van der Waals surface area contributed by atoms with E-state index in [-0.39, 0.29) is 5.82 Å². The van der Waals surface area contributed by atoms with Crippen molar-refractivity contribution in [1.82, 2.24) is 0 Å². The third kappa shape index (κ3) is 3.58. The fraction of sp³-hybridized carbons (Fsp3) is 0.538. The maximum atomic E-state index is 12.9. The van der Waals surface area contributed by atoms with Crippen molar-refractivity contribution in [1.29, 1.82) is 0 Å². The molecule has 16 heavy (non-hydrogen) atoms. The maximum absolute atomic E-state index is 12.9. The van der Waals surface area contributed by atoms with Gasteiger partial charge in [-0.3, -0.25) is 0 Å². The van der Waals surface area contributed by atoms with E-state index in [0.29, 0.717) is 13.0 Å². The van der Waals surface area contributed by atoms with E-state index >= 15 is 0 Å². The van der Waals surface area contributed by atoms with Gasteiger partial charge in [0.15, 0.2) is 0 Å². The molecular formula is C13H19FO2. The van der Waals surface area contributed by atoms with E-state index in [9.17, 15) is 9.50 Å². The SMILES string of the molecule is CCOC(C)(C)C(O)Cc1cccc(F)c1. The van der Waals surface area contributed by atoms with E-state index < -0.39 is 11.7 Å². The fourth-order valence-electron chi connectivity index (χ4n) is 1.60. The summed E-state index contributed by atoms with van der Waals surface area (Å²) < 4.78 is 18.4. The quantitative estimate of drug-likeness (QED) is 0.836. The molecule has 0 fully saturated rings. The van der Waals surface area contributed by atoms with Crippen molar-refractivity contribution < 1.29 is 14.2 Å². The second kappa shape index (κ2) is 5.41. The van der Waals surface area contributed by atoms with Crippen LogP contribution in [0.2, 0.25) is 0 Å². The summed E-state index contributed by atoms with van der Waals surface area (Å²) in [5, 5.41) is 10.0. The minimum absolute atomic E-state index is 0.279. The first-order valence-corrected chi connectivity index (χ1v) is 5.52. The van der Waals surface area contributed by atoms with E-state index in [0.717, 1.165) is 5.56 Å². The third-order valence-corrected chi connectivity index (χ3v) is 2.64. The van der Waals surface area contributed by atoms with Crippen LogP contribution in [0, 0.1) is 5.82 Å². The van der Waals surface area contributed by atoms with Crippen LogP contribution in [0.5, 0.6) is 0 Å². The van der Waals surface area contributed by atoms with Crippen molar-refractivity contribution in [2.45, 2.75) is 38.9 Å². The van der Waals surface area contributed by atoms with Crippen molar-refractivity contribution in [2.75, 3.05) is 6.61 Å². The van der Waals surface area contributed by atoms with Gasteiger partial charge in [0.05, 0.1) is 11.7 Å². The molecule has 0 saturated carbocycles. The lowest BCUT2D eigenvalue weighted by Crippen LogP contribution is -2.40. The zero-order valence-electron chi connectivity index (χ0n) is 10.0. The van der Waals surface area contributed by atoms with Gasteiger partial charge < -0.3 is 9.84 Å². The smallest absolute Gasteiger partial charge is 0.123 e. The molecule has 1 aromatic carbocycles. The molecule has 1 aromatic rings. The molecule has 0 aliphatic heterocycles. The van der Waals surface area contributed by atoms with E-state index in [1.807, 2.05) is 20.8 Å². The molecule has 1 N–H and O–H groups in total. The molecule has 0 bridgehead atoms. The predicted molar refractivity (Wildman–Crippen MR) is 61.8 cm³/mol. The highest BCUT2D eigenvalue weighted by Crippen LogP contribution is 2.19. The van der Waals surface area contributed by atoms with Crippen LogP contribution in [-0.2, 0) is 11.2 Å². The third-order valence-electron chi connectivity index (χ3n) is 2.64. The summed E-state index contributed by atoms with van der Waals surface area (Å²) in [6.07, 6.45) is -0.251. The summed E-state index contributed by atoms with van der Waals surface area (Å²) in [5.74, 6) is -0.279. The zero-order chi connectivity index (χ0) is 12.2. The molecule has 0 radical (unpaired) electrons. The Morgan fingerprint density at radius 2 is 2.12 bits per heavy atom. The second-order valence-corrected chi connectivity index (χ2v) is 4.39. The Morgan fingerprint density at radius 3 is 2.69 bits per heavy atom. The van der Waals surface area contributed by atoms with E-state index in [1.165, 1.54) is 12.1 Å². The molecule has 1 atom stereocenters. The van der Waals surface area contributed by atoms with Gasteiger partial charge in [-0.15, -0.1) is 0 Å². The first-order valence-electron chi connectivity index (χ1n) is 5.52. The molecule has 1 unspecified atom stereocenters. The average molecular weight is 226 g/mol. The molecule has 0 aliphatic carbocycles. The average Bonchev–Trinajstić information content (AvgIpc) is 2.17. The topological polar surface area (TPSA) is 29.5 Å². The van der Waals surface area contributed by atoms with Gasteiger partial charge in [-0.05, 0) is 38.5 Å². The number of halogens is 1. The van der Waals surface area contributed by atoms with Crippen LogP contribution >= 0.6 is 0 Å². The van der Waals surface area contributed by atoms with Gasteiger partial charge in [0.1, 0.15) is 5.82 Å². The number of rotatable bonds is 5. The molecule has 0 spiro atoms. The van der Waals surface area contributed by atoms with Crippen LogP contribution in [0.1, 0.15) is 26.3 Å². The van der Waals surface area contributed by atoms with E-state index in [1.54, 1.807) is 12.1 Å². The lowest BCUT2D eigenvalue weighted by atomic mass is 9.95. The highest BCUT2D eigenvalue weighted by molar-refractivity contribution is 5.17. The maximum Gasteiger partial charge on any atom is 0.123 e. The molecule has 0 amide bonds. The van der Waals surface area contributed by atoms with Gasteiger partial charge in [-0.25, -0.2) is 4.39 Å². The Morgan fingerprint density at radius 1 is 1.44 bits per heavy atom. The summed E-state index contributed by atoms with van der Waals surface area (Å²) in [6, 6.07) is 6.27. The minimum atomic E-state index is -0.644. The molecule has 90 valence electrons. The van der Waals surface area contributed by atoms with Crippen molar-refractivity contribution in [3.05, 3.63) is 35.6 Å². The Labute approximate surface area is 96.1 Å². The number of benzene rings is 1. The lowest BCUT2D eigenvalue weighted by molar-refractivity contribution is -0.0955. The summed E-state index contributed by atoms with van der Waals surface area (Å²) in [4.78, 5) is 0. The predicted octanol–water partition coefficient (Wildman–Crippen LogP) is 2.54. The number of aliphatic hydroxyl groups is 1. The molecule has 0 aliphatic rings. The largest absolute Gasteiger partial charge is 0.390 e. The summed E-state index contributed by atoms with van der Waals surface area (Å²) in [7, 11) is 0. The number of ether oxygens (including phenoxy) is 1. The van der Waals surface area contributed by atoms with Crippen LogP contribution in [-0.4, -0.2) is 23.4 Å². The molecule has 3 heteroatoms.